The number of hydrogen-bond donors (Lipinski definition) is 2. The summed E-state index contributed by atoms with van der Waals surface area (Å²) in [5.41, 5.74) is 10.9. The van der Waals surface area contributed by atoms with Gasteiger partial charge >= 0.3 is 0 Å². The van der Waals surface area contributed by atoms with Gasteiger partial charge in [0.2, 0.25) is 0 Å². The maximum Gasteiger partial charge on any atom is 0.157 e. The Bertz CT molecular complexity index is 817. The minimum absolute atomic E-state index is 0.227. The second-order valence-electron chi connectivity index (χ2n) is 5.72. The molecule has 1 atom stereocenters. The van der Waals surface area contributed by atoms with Crippen molar-refractivity contribution in [2.45, 2.75) is 18.9 Å². The van der Waals surface area contributed by atoms with E-state index in [1.54, 1.807) is 17.5 Å². The van der Waals surface area contributed by atoms with Crippen LogP contribution in [0.2, 0.25) is 0 Å². The lowest BCUT2D eigenvalue weighted by atomic mass is 10.1. The molecule has 4 heterocycles. The van der Waals surface area contributed by atoms with Crippen LogP contribution in [-0.4, -0.2) is 34.1 Å². The van der Waals surface area contributed by atoms with E-state index in [4.69, 9.17) is 5.73 Å². The molecule has 1 fully saturated rings. The first kappa shape index (κ1) is 14.3. The third-order valence-corrected chi connectivity index (χ3v) is 4.89. The van der Waals surface area contributed by atoms with Crippen LogP contribution >= 0.6 is 11.3 Å². The molecule has 1 aliphatic rings. The van der Waals surface area contributed by atoms with Gasteiger partial charge < -0.3 is 16.0 Å². The molecule has 3 N–H and O–H groups in total. The molecule has 0 amide bonds. The van der Waals surface area contributed by atoms with Gasteiger partial charge in [-0.05, 0) is 25.0 Å². The number of anilines is 3. The topological polar surface area (TPSA) is 80.0 Å². The van der Waals surface area contributed by atoms with E-state index in [2.05, 4.69) is 25.2 Å². The molecule has 1 aliphatic heterocycles. The number of nitrogens with two attached hydrogens (primary N) is 1. The third-order valence-electron chi connectivity index (χ3n) is 4.10. The Morgan fingerprint density at radius 1 is 1.26 bits per heavy atom. The van der Waals surface area contributed by atoms with E-state index < -0.39 is 0 Å². The summed E-state index contributed by atoms with van der Waals surface area (Å²) in [5, 5.41) is 3.40. The summed E-state index contributed by atoms with van der Waals surface area (Å²) >= 11 is 1.61. The number of rotatable bonds is 3. The van der Waals surface area contributed by atoms with Gasteiger partial charge in [0.05, 0.1) is 27.8 Å². The molecule has 0 aromatic carbocycles. The van der Waals surface area contributed by atoms with Crippen LogP contribution in [0.1, 0.15) is 12.8 Å². The van der Waals surface area contributed by atoms with Gasteiger partial charge in [-0.2, -0.15) is 0 Å². The van der Waals surface area contributed by atoms with Crippen molar-refractivity contribution in [3.05, 3.63) is 36.2 Å². The van der Waals surface area contributed by atoms with Crippen molar-refractivity contribution < 1.29 is 0 Å². The number of hydrogen-bond acceptors (Lipinski definition) is 7. The smallest absolute Gasteiger partial charge is 0.157 e. The van der Waals surface area contributed by atoms with Gasteiger partial charge in [-0.1, -0.05) is 0 Å². The second kappa shape index (κ2) is 6.10. The van der Waals surface area contributed by atoms with E-state index >= 15 is 0 Å². The Kier molecular flexibility index (Phi) is 3.80. The first-order chi connectivity index (χ1) is 11.3. The van der Waals surface area contributed by atoms with E-state index in [1.165, 1.54) is 0 Å². The average Bonchev–Trinajstić information content (AvgIpc) is 3.05. The van der Waals surface area contributed by atoms with Crippen molar-refractivity contribution in [2.75, 3.05) is 23.3 Å². The molecule has 0 spiro atoms. The molecular formula is C16H18N6S. The lowest BCUT2D eigenvalue weighted by Gasteiger charge is -2.33. The maximum absolute atomic E-state index is 6.13. The minimum Gasteiger partial charge on any atom is -0.368 e. The highest BCUT2D eigenvalue weighted by molar-refractivity contribution is 7.16. The van der Waals surface area contributed by atoms with E-state index in [-0.39, 0.29) is 6.04 Å². The fourth-order valence-electron chi connectivity index (χ4n) is 3.00. The van der Waals surface area contributed by atoms with E-state index in [0.29, 0.717) is 0 Å². The lowest BCUT2D eigenvalue weighted by molar-refractivity contribution is 0.506. The van der Waals surface area contributed by atoms with Crippen molar-refractivity contribution in [1.29, 1.82) is 0 Å². The Morgan fingerprint density at radius 2 is 2.22 bits per heavy atom. The normalized spacial score (nSPS) is 18.3. The molecule has 0 unspecified atom stereocenters. The molecule has 1 saturated heterocycles. The summed E-state index contributed by atoms with van der Waals surface area (Å²) in [5.74, 6) is 0.763. The van der Waals surface area contributed by atoms with Gasteiger partial charge in [0, 0.05) is 31.5 Å². The van der Waals surface area contributed by atoms with Crippen LogP contribution in [-0.2, 0) is 0 Å². The van der Waals surface area contributed by atoms with Gasteiger partial charge in [0.1, 0.15) is 5.52 Å². The quantitative estimate of drug-likeness (QED) is 0.770. The zero-order valence-electron chi connectivity index (χ0n) is 12.6. The second-order valence-corrected chi connectivity index (χ2v) is 6.61. The summed E-state index contributed by atoms with van der Waals surface area (Å²) in [4.78, 5) is 15.4. The van der Waals surface area contributed by atoms with E-state index in [1.807, 2.05) is 30.0 Å². The zero-order chi connectivity index (χ0) is 15.6. The Balaban J connectivity index is 1.68. The molecule has 118 valence electrons. The first-order valence-electron chi connectivity index (χ1n) is 7.71. The van der Waals surface area contributed by atoms with Crippen LogP contribution in [0.5, 0.6) is 0 Å². The monoisotopic (exact) mass is 326 g/mol. The number of nitrogens with one attached hydrogen (secondary N) is 1. The summed E-state index contributed by atoms with van der Waals surface area (Å²) in [7, 11) is 0. The van der Waals surface area contributed by atoms with Crippen molar-refractivity contribution in [2.24, 2.45) is 5.73 Å². The SMILES string of the molecule is N[C@H]1CCCN(c2ccncc2Nc2nccc3scnc23)C1. The highest BCUT2D eigenvalue weighted by Crippen LogP contribution is 2.31. The maximum atomic E-state index is 6.13. The van der Waals surface area contributed by atoms with Gasteiger partial charge in [-0.15, -0.1) is 11.3 Å². The van der Waals surface area contributed by atoms with Gasteiger partial charge in [-0.25, -0.2) is 9.97 Å². The van der Waals surface area contributed by atoms with Crippen LogP contribution in [0.3, 0.4) is 0 Å². The van der Waals surface area contributed by atoms with Crippen LogP contribution in [0.25, 0.3) is 10.2 Å². The fraction of sp³-hybridized carbons (Fsp3) is 0.312. The standard InChI is InChI=1S/C16H18N6S/c17-11-2-1-7-22(9-11)13-3-5-18-8-12(13)21-16-15-14(4-6-19-16)23-10-20-15/h3-6,8,10-11H,1-2,7,9,17H2,(H,19,21)/t11-/m0/s1. The number of piperidine rings is 1. The summed E-state index contributed by atoms with van der Waals surface area (Å²) < 4.78 is 1.12. The summed E-state index contributed by atoms with van der Waals surface area (Å²) in [6.07, 6.45) is 7.66. The number of nitrogens with zero attached hydrogens (tertiary/aromatic N) is 4. The number of fused-ring (bicyclic) bond motifs is 1. The van der Waals surface area contributed by atoms with Crippen molar-refractivity contribution in [3.8, 4) is 0 Å². The number of thiazole rings is 1. The Hall–Kier alpha value is -2.25. The predicted octanol–water partition coefficient (Wildman–Crippen LogP) is 2.76. The van der Waals surface area contributed by atoms with Crippen molar-refractivity contribution in [1.82, 2.24) is 15.0 Å². The van der Waals surface area contributed by atoms with Crippen LogP contribution in [0.4, 0.5) is 17.2 Å². The third kappa shape index (κ3) is 2.85. The predicted molar refractivity (Wildman–Crippen MR) is 94.4 cm³/mol. The Labute approximate surface area is 138 Å². The van der Waals surface area contributed by atoms with Gasteiger partial charge in [0.25, 0.3) is 0 Å². The van der Waals surface area contributed by atoms with Crippen LogP contribution < -0.4 is 16.0 Å². The van der Waals surface area contributed by atoms with E-state index in [0.717, 1.165) is 53.3 Å². The number of pyridine rings is 2. The molecule has 0 saturated carbocycles. The molecule has 0 bridgehead atoms. The van der Waals surface area contributed by atoms with Crippen LogP contribution in [0, 0.1) is 0 Å². The van der Waals surface area contributed by atoms with Gasteiger partial charge in [0.15, 0.2) is 5.82 Å². The van der Waals surface area contributed by atoms with Crippen molar-refractivity contribution >= 4 is 38.7 Å². The zero-order valence-corrected chi connectivity index (χ0v) is 13.5. The largest absolute Gasteiger partial charge is 0.368 e. The molecule has 23 heavy (non-hydrogen) atoms. The highest BCUT2D eigenvalue weighted by Gasteiger charge is 2.19. The summed E-state index contributed by atoms with van der Waals surface area (Å²) in [6.45, 7) is 1.88. The lowest BCUT2D eigenvalue weighted by Crippen LogP contribution is -2.43. The van der Waals surface area contributed by atoms with E-state index in [9.17, 15) is 0 Å². The molecular weight excluding hydrogens is 308 g/mol. The fourth-order valence-corrected chi connectivity index (χ4v) is 3.67. The van der Waals surface area contributed by atoms with Crippen LogP contribution in [0.15, 0.2) is 36.2 Å². The Morgan fingerprint density at radius 3 is 3.13 bits per heavy atom. The molecule has 3 aromatic rings. The highest BCUT2D eigenvalue weighted by atomic mass is 32.1. The van der Waals surface area contributed by atoms with Gasteiger partial charge in [-0.3, -0.25) is 4.98 Å². The molecule has 0 radical (unpaired) electrons. The minimum atomic E-state index is 0.227. The first-order valence-corrected chi connectivity index (χ1v) is 8.59. The van der Waals surface area contributed by atoms with Crippen molar-refractivity contribution in [3.63, 3.8) is 0 Å². The molecule has 6 nitrogen and oxygen atoms in total. The molecule has 3 aromatic heterocycles. The molecule has 0 aliphatic carbocycles. The number of aromatic nitrogens is 3. The summed E-state index contributed by atoms with van der Waals surface area (Å²) in [6, 6.07) is 4.23. The molecule has 7 heteroatoms. The molecule has 4 rings (SSSR count). The average molecular weight is 326 g/mol.